The second-order valence-corrected chi connectivity index (χ2v) is 6.53. The van der Waals surface area contributed by atoms with Crippen LogP contribution in [0.3, 0.4) is 0 Å². The smallest absolute Gasteiger partial charge is 0.225 e. The lowest BCUT2D eigenvalue weighted by Gasteiger charge is -2.27. The average molecular weight is 290 g/mol. The highest BCUT2D eigenvalue weighted by atomic mass is 32.1. The van der Waals surface area contributed by atoms with Crippen molar-refractivity contribution in [3.8, 4) is 0 Å². The van der Waals surface area contributed by atoms with E-state index in [0.29, 0.717) is 5.41 Å². The molecule has 0 aliphatic carbocycles. The molecule has 108 valence electrons. The predicted octanol–water partition coefficient (Wildman–Crippen LogP) is 3.75. The van der Waals surface area contributed by atoms with Crippen LogP contribution >= 0.6 is 11.3 Å². The molecule has 0 spiro atoms. The van der Waals surface area contributed by atoms with Crippen LogP contribution in [0.2, 0.25) is 0 Å². The van der Waals surface area contributed by atoms with E-state index in [1.54, 1.807) is 11.3 Å². The number of hydrogen-bond acceptors (Lipinski definition) is 5. The average Bonchev–Trinajstić information content (AvgIpc) is 3.13. The summed E-state index contributed by atoms with van der Waals surface area (Å²) in [6.45, 7) is 6.84. The molecule has 3 heterocycles. The van der Waals surface area contributed by atoms with Crippen molar-refractivity contribution >= 4 is 33.3 Å². The molecule has 1 N–H and O–H groups in total. The van der Waals surface area contributed by atoms with E-state index in [1.807, 2.05) is 7.05 Å². The van der Waals surface area contributed by atoms with E-state index in [1.165, 1.54) is 24.6 Å². The van der Waals surface area contributed by atoms with Gasteiger partial charge in [0.15, 0.2) is 0 Å². The maximum Gasteiger partial charge on any atom is 0.225 e. The minimum Gasteiger partial charge on any atom is -0.357 e. The van der Waals surface area contributed by atoms with E-state index in [-0.39, 0.29) is 0 Å². The van der Waals surface area contributed by atoms with Gasteiger partial charge in [-0.05, 0) is 36.1 Å². The third-order valence-electron chi connectivity index (χ3n) is 4.77. The first kappa shape index (κ1) is 13.6. The molecule has 1 fully saturated rings. The lowest BCUT2D eigenvalue weighted by Crippen LogP contribution is -2.27. The minimum atomic E-state index is 0.465. The Morgan fingerprint density at radius 1 is 1.35 bits per heavy atom. The second-order valence-electron chi connectivity index (χ2n) is 5.64. The van der Waals surface area contributed by atoms with Gasteiger partial charge in [0.05, 0.1) is 5.39 Å². The third kappa shape index (κ3) is 2.14. The van der Waals surface area contributed by atoms with Crippen LogP contribution in [0.25, 0.3) is 10.2 Å². The van der Waals surface area contributed by atoms with Crippen molar-refractivity contribution < 1.29 is 0 Å². The standard InChI is InChI=1S/C15H22N4S/c1-4-15(5-2)7-8-19(10-15)12-11-6-9-20-13(11)18-14(16-3)17-12/h6,9H,4-5,7-8,10H2,1-3H3,(H,16,17,18). The van der Waals surface area contributed by atoms with Gasteiger partial charge in [0.2, 0.25) is 5.95 Å². The first-order chi connectivity index (χ1) is 9.71. The van der Waals surface area contributed by atoms with Crippen molar-refractivity contribution in [2.45, 2.75) is 33.1 Å². The van der Waals surface area contributed by atoms with Gasteiger partial charge in [-0.1, -0.05) is 13.8 Å². The van der Waals surface area contributed by atoms with Gasteiger partial charge >= 0.3 is 0 Å². The summed E-state index contributed by atoms with van der Waals surface area (Å²) in [4.78, 5) is 12.8. The quantitative estimate of drug-likeness (QED) is 0.931. The zero-order chi connectivity index (χ0) is 14.2. The van der Waals surface area contributed by atoms with Crippen LogP contribution in [0.5, 0.6) is 0 Å². The Kier molecular flexibility index (Phi) is 3.54. The number of nitrogens with zero attached hydrogens (tertiary/aromatic N) is 3. The van der Waals surface area contributed by atoms with Crippen LogP contribution in [-0.2, 0) is 0 Å². The Balaban J connectivity index is 2.00. The SMILES string of the molecule is CCC1(CC)CCN(c2nc(NC)nc3sccc23)C1. The molecule has 0 atom stereocenters. The number of aromatic nitrogens is 2. The molecule has 1 aliphatic rings. The van der Waals surface area contributed by atoms with Crippen molar-refractivity contribution in [1.29, 1.82) is 0 Å². The highest BCUT2D eigenvalue weighted by molar-refractivity contribution is 7.16. The molecule has 2 aromatic heterocycles. The Morgan fingerprint density at radius 3 is 2.80 bits per heavy atom. The van der Waals surface area contributed by atoms with Gasteiger partial charge in [-0.15, -0.1) is 11.3 Å². The molecular formula is C15H22N4S. The molecule has 0 saturated carbocycles. The first-order valence-corrected chi connectivity index (χ1v) is 8.27. The summed E-state index contributed by atoms with van der Waals surface area (Å²) in [5, 5.41) is 6.37. The molecule has 4 nitrogen and oxygen atoms in total. The number of anilines is 2. The molecule has 20 heavy (non-hydrogen) atoms. The molecule has 5 heteroatoms. The van der Waals surface area contributed by atoms with Crippen LogP contribution < -0.4 is 10.2 Å². The van der Waals surface area contributed by atoms with Gasteiger partial charge in [0.25, 0.3) is 0 Å². The van der Waals surface area contributed by atoms with Gasteiger partial charge in [0.1, 0.15) is 10.6 Å². The van der Waals surface area contributed by atoms with Crippen molar-refractivity contribution in [2.75, 3.05) is 30.4 Å². The predicted molar refractivity (Wildman–Crippen MR) is 86.8 cm³/mol. The maximum absolute atomic E-state index is 4.72. The molecule has 3 rings (SSSR count). The van der Waals surface area contributed by atoms with Crippen molar-refractivity contribution in [2.24, 2.45) is 5.41 Å². The summed E-state index contributed by atoms with van der Waals surface area (Å²) >= 11 is 1.68. The highest BCUT2D eigenvalue weighted by Gasteiger charge is 2.36. The molecule has 1 aliphatic heterocycles. The van der Waals surface area contributed by atoms with Gasteiger partial charge in [-0.25, -0.2) is 4.98 Å². The lowest BCUT2D eigenvalue weighted by molar-refractivity contribution is 0.301. The van der Waals surface area contributed by atoms with Crippen LogP contribution in [0.1, 0.15) is 33.1 Å². The lowest BCUT2D eigenvalue weighted by atomic mass is 9.82. The fraction of sp³-hybridized carbons (Fsp3) is 0.600. The zero-order valence-corrected chi connectivity index (χ0v) is 13.3. The van der Waals surface area contributed by atoms with Crippen molar-refractivity contribution in [3.05, 3.63) is 11.4 Å². The van der Waals surface area contributed by atoms with E-state index in [0.717, 1.165) is 29.7 Å². The summed E-state index contributed by atoms with van der Waals surface area (Å²) in [7, 11) is 1.88. The number of rotatable bonds is 4. The van der Waals surface area contributed by atoms with Crippen LogP contribution in [-0.4, -0.2) is 30.1 Å². The van der Waals surface area contributed by atoms with Gasteiger partial charge < -0.3 is 10.2 Å². The van der Waals surface area contributed by atoms with Crippen LogP contribution in [0.15, 0.2) is 11.4 Å². The Morgan fingerprint density at radius 2 is 2.15 bits per heavy atom. The second kappa shape index (κ2) is 5.20. The van der Waals surface area contributed by atoms with E-state index in [4.69, 9.17) is 4.98 Å². The highest BCUT2D eigenvalue weighted by Crippen LogP contribution is 2.40. The first-order valence-electron chi connectivity index (χ1n) is 7.39. The zero-order valence-electron chi connectivity index (χ0n) is 12.4. The fourth-order valence-electron chi connectivity index (χ4n) is 3.14. The maximum atomic E-state index is 4.72. The third-order valence-corrected chi connectivity index (χ3v) is 5.57. The van der Waals surface area contributed by atoms with Crippen LogP contribution in [0.4, 0.5) is 11.8 Å². The Hall–Kier alpha value is -1.36. The summed E-state index contributed by atoms with van der Waals surface area (Å²) in [5.41, 5.74) is 0.465. The van der Waals surface area contributed by atoms with E-state index >= 15 is 0 Å². The Labute approximate surface area is 124 Å². The normalized spacial score (nSPS) is 17.9. The molecular weight excluding hydrogens is 268 g/mol. The van der Waals surface area contributed by atoms with E-state index < -0.39 is 0 Å². The summed E-state index contributed by atoms with van der Waals surface area (Å²) in [5.74, 6) is 1.82. The molecule has 0 unspecified atom stereocenters. The van der Waals surface area contributed by atoms with Gasteiger partial charge in [-0.3, -0.25) is 0 Å². The Bertz CT molecular complexity index is 603. The number of fused-ring (bicyclic) bond motifs is 1. The monoisotopic (exact) mass is 290 g/mol. The molecule has 0 bridgehead atoms. The van der Waals surface area contributed by atoms with Gasteiger partial charge in [0, 0.05) is 20.1 Å². The fourth-order valence-corrected chi connectivity index (χ4v) is 3.89. The van der Waals surface area contributed by atoms with Crippen molar-refractivity contribution in [3.63, 3.8) is 0 Å². The summed E-state index contributed by atoms with van der Waals surface area (Å²) in [6, 6.07) is 2.15. The minimum absolute atomic E-state index is 0.465. The topological polar surface area (TPSA) is 41.1 Å². The molecule has 0 aromatic carbocycles. The number of hydrogen-bond donors (Lipinski definition) is 1. The molecule has 1 saturated heterocycles. The molecule has 0 radical (unpaired) electrons. The van der Waals surface area contributed by atoms with Crippen LogP contribution in [0, 0.1) is 5.41 Å². The summed E-state index contributed by atoms with van der Waals surface area (Å²) < 4.78 is 0. The molecule has 2 aromatic rings. The van der Waals surface area contributed by atoms with E-state index in [2.05, 4.69) is 40.5 Å². The number of nitrogens with one attached hydrogen (secondary N) is 1. The molecule has 0 amide bonds. The summed E-state index contributed by atoms with van der Waals surface area (Å²) in [6.07, 6.45) is 3.76. The number of thiophene rings is 1. The largest absolute Gasteiger partial charge is 0.357 e. The van der Waals surface area contributed by atoms with Gasteiger partial charge in [-0.2, -0.15) is 4.98 Å². The van der Waals surface area contributed by atoms with E-state index in [9.17, 15) is 0 Å². The van der Waals surface area contributed by atoms with Crippen molar-refractivity contribution in [1.82, 2.24) is 9.97 Å².